The average molecular weight is 304 g/mol. The molecule has 2 N–H and O–H groups in total. The number of nitrogens with two attached hydrogens (primary N) is 1. The first-order valence-corrected chi connectivity index (χ1v) is 8.39. The zero-order valence-corrected chi connectivity index (χ0v) is 14.0. The molecular formula is C18H28N2O2. The van der Waals surface area contributed by atoms with Gasteiger partial charge in [0.1, 0.15) is 5.60 Å². The first kappa shape index (κ1) is 16.8. The third-order valence-corrected chi connectivity index (χ3v) is 4.30. The van der Waals surface area contributed by atoms with E-state index in [0.29, 0.717) is 6.54 Å². The number of benzene rings is 1. The van der Waals surface area contributed by atoms with Gasteiger partial charge < -0.3 is 10.5 Å². The number of nitrogens with zero attached hydrogens (tertiary/aromatic N) is 1. The molecule has 0 aliphatic carbocycles. The SMILES string of the molecule is CCCC1(CCC)OC(=O)N(CCC(C)N)c2ccccc21. The molecule has 0 aromatic heterocycles. The fourth-order valence-corrected chi connectivity index (χ4v) is 3.32. The van der Waals surface area contributed by atoms with Crippen LogP contribution in [-0.4, -0.2) is 18.7 Å². The van der Waals surface area contributed by atoms with E-state index >= 15 is 0 Å². The minimum atomic E-state index is -0.470. The Morgan fingerprint density at radius 2 is 1.86 bits per heavy atom. The minimum absolute atomic E-state index is 0.0675. The number of para-hydroxylation sites is 1. The zero-order chi connectivity index (χ0) is 16.2. The van der Waals surface area contributed by atoms with Crippen LogP contribution in [0.1, 0.15) is 58.4 Å². The maximum atomic E-state index is 12.6. The van der Waals surface area contributed by atoms with Crippen LogP contribution in [-0.2, 0) is 10.3 Å². The lowest BCUT2D eigenvalue weighted by Gasteiger charge is -2.43. The second-order valence-electron chi connectivity index (χ2n) is 6.30. The molecule has 1 unspecified atom stereocenters. The summed E-state index contributed by atoms with van der Waals surface area (Å²) >= 11 is 0. The van der Waals surface area contributed by atoms with Gasteiger partial charge in [0.25, 0.3) is 0 Å². The molecule has 1 atom stereocenters. The Kier molecular flexibility index (Phi) is 5.46. The summed E-state index contributed by atoms with van der Waals surface area (Å²) in [4.78, 5) is 14.3. The highest BCUT2D eigenvalue weighted by atomic mass is 16.6. The molecule has 4 nitrogen and oxygen atoms in total. The summed E-state index contributed by atoms with van der Waals surface area (Å²) in [5.74, 6) is 0. The van der Waals surface area contributed by atoms with Crippen LogP contribution >= 0.6 is 0 Å². The Hall–Kier alpha value is -1.55. The summed E-state index contributed by atoms with van der Waals surface area (Å²) in [6, 6.07) is 8.21. The molecule has 1 aliphatic heterocycles. The molecule has 0 spiro atoms. The van der Waals surface area contributed by atoms with E-state index in [1.54, 1.807) is 4.90 Å². The van der Waals surface area contributed by atoms with Crippen molar-refractivity contribution in [1.82, 2.24) is 0 Å². The monoisotopic (exact) mass is 304 g/mol. The third kappa shape index (κ3) is 3.27. The average Bonchev–Trinajstić information content (AvgIpc) is 2.47. The Morgan fingerprint density at radius 3 is 2.45 bits per heavy atom. The number of anilines is 1. The van der Waals surface area contributed by atoms with Gasteiger partial charge in [-0.25, -0.2) is 4.79 Å². The Balaban J connectivity index is 2.41. The Morgan fingerprint density at radius 1 is 1.23 bits per heavy atom. The number of fused-ring (bicyclic) bond motifs is 1. The van der Waals surface area contributed by atoms with Crippen LogP contribution in [0, 0.1) is 0 Å². The summed E-state index contributed by atoms with van der Waals surface area (Å²) in [6.07, 6.45) is 4.23. The normalized spacial score (nSPS) is 17.8. The molecule has 1 aliphatic rings. The van der Waals surface area contributed by atoms with Gasteiger partial charge in [0.05, 0.1) is 5.69 Å². The van der Waals surface area contributed by atoms with Gasteiger partial charge in [0.2, 0.25) is 0 Å². The summed E-state index contributed by atoms with van der Waals surface area (Å²) in [7, 11) is 0. The third-order valence-electron chi connectivity index (χ3n) is 4.30. The highest BCUT2D eigenvalue weighted by Gasteiger charge is 2.43. The van der Waals surface area contributed by atoms with Crippen molar-refractivity contribution in [1.29, 1.82) is 0 Å². The molecule has 0 fully saturated rings. The number of hydrogen-bond donors (Lipinski definition) is 1. The fraction of sp³-hybridized carbons (Fsp3) is 0.611. The molecular weight excluding hydrogens is 276 g/mol. The van der Waals surface area contributed by atoms with Crippen molar-refractivity contribution in [3.8, 4) is 0 Å². The lowest BCUT2D eigenvalue weighted by Crippen LogP contribution is -2.47. The molecule has 1 aromatic carbocycles. The van der Waals surface area contributed by atoms with E-state index in [9.17, 15) is 4.79 Å². The van der Waals surface area contributed by atoms with Crippen molar-refractivity contribution in [2.75, 3.05) is 11.4 Å². The van der Waals surface area contributed by atoms with Crippen molar-refractivity contribution in [2.45, 2.75) is 64.5 Å². The van der Waals surface area contributed by atoms with E-state index < -0.39 is 5.60 Å². The van der Waals surface area contributed by atoms with Gasteiger partial charge in [-0.15, -0.1) is 0 Å². The van der Waals surface area contributed by atoms with Crippen LogP contribution in [0.15, 0.2) is 24.3 Å². The highest BCUT2D eigenvalue weighted by molar-refractivity contribution is 5.91. The minimum Gasteiger partial charge on any atom is -0.438 e. The molecule has 0 radical (unpaired) electrons. The molecule has 1 amide bonds. The van der Waals surface area contributed by atoms with E-state index in [1.165, 1.54) is 0 Å². The van der Waals surface area contributed by atoms with Crippen LogP contribution in [0.25, 0.3) is 0 Å². The van der Waals surface area contributed by atoms with Crippen molar-refractivity contribution < 1.29 is 9.53 Å². The summed E-state index contributed by atoms with van der Waals surface area (Å²) in [5.41, 5.74) is 7.50. The number of ether oxygens (including phenoxy) is 1. The molecule has 2 rings (SSSR count). The van der Waals surface area contributed by atoms with Gasteiger partial charge in [0, 0.05) is 18.2 Å². The standard InChI is InChI=1S/C18H28N2O2/c1-4-11-18(12-5-2)15-8-6-7-9-16(15)20(17(21)22-18)13-10-14(3)19/h6-9,14H,4-5,10-13,19H2,1-3H3. The smallest absolute Gasteiger partial charge is 0.415 e. The van der Waals surface area contributed by atoms with Gasteiger partial charge in [-0.3, -0.25) is 4.90 Å². The largest absolute Gasteiger partial charge is 0.438 e. The quantitative estimate of drug-likeness (QED) is 0.822. The second kappa shape index (κ2) is 7.14. The van der Waals surface area contributed by atoms with Crippen molar-refractivity contribution in [3.63, 3.8) is 0 Å². The number of amides is 1. The fourth-order valence-electron chi connectivity index (χ4n) is 3.32. The topological polar surface area (TPSA) is 55.6 Å². The maximum Gasteiger partial charge on any atom is 0.415 e. The molecule has 1 aromatic rings. The van der Waals surface area contributed by atoms with Crippen LogP contribution < -0.4 is 10.6 Å². The lowest BCUT2D eigenvalue weighted by molar-refractivity contribution is -0.00962. The maximum absolute atomic E-state index is 12.6. The summed E-state index contributed by atoms with van der Waals surface area (Å²) < 4.78 is 5.97. The van der Waals surface area contributed by atoms with Crippen molar-refractivity contribution in [3.05, 3.63) is 29.8 Å². The van der Waals surface area contributed by atoms with E-state index in [1.807, 2.05) is 25.1 Å². The number of hydrogen-bond acceptors (Lipinski definition) is 3. The van der Waals surface area contributed by atoms with Gasteiger partial charge in [-0.2, -0.15) is 0 Å². The van der Waals surface area contributed by atoms with Crippen molar-refractivity contribution >= 4 is 11.8 Å². The Labute approximate surface area is 133 Å². The molecule has 0 saturated heterocycles. The number of carbonyl (C=O) groups excluding carboxylic acids is 1. The Bertz CT molecular complexity index is 508. The van der Waals surface area contributed by atoms with E-state index in [0.717, 1.165) is 43.4 Å². The van der Waals surface area contributed by atoms with Gasteiger partial charge in [-0.1, -0.05) is 44.9 Å². The lowest BCUT2D eigenvalue weighted by atomic mass is 9.82. The van der Waals surface area contributed by atoms with Gasteiger partial charge in [-0.05, 0) is 32.3 Å². The highest BCUT2D eigenvalue weighted by Crippen LogP contribution is 2.44. The van der Waals surface area contributed by atoms with Gasteiger partial charge in [0.15, 0.2) is 0 Å². The van der Waals surface area contributed by atoms with E-state index in [2.05, 4.69) is 19.9 Å². The van der Waals surface area contributed by atoms with Crippen LogP contribution in [0.5, 0.6) is 0 Å². The van der Waals surface area contributed by atoms with Crippen LogP contribution in [0.2, 0.25) is 0 Å². The van der Waals surface area contributed by atoms with E-state index in [4.69, 9.17) is 10.5 Å². The number of rotatable bonds is 7. The number of cyclic esters (lactones) is 1. The van der Waals surface area contributed by atoms with Crippen LogP contribution in [0.3, 0.4) is 0 Å². The molecule has 0 bridgehead atoms. The second-order valence-corrected chi connectivity index (χ2v) is 6.30. The van der Waals surface area contributed by atoms with Crippen LogP contribution in [0.4, 0.5) is 10.5 Å². The molecule has 22 heavy (non-hydrogen) atoms. The first-order chi connectivity index (χ1) is 10.5. The predicted molar refractivity (Wildman–Crippen MR) is 90.0 cm³/mol. The van der Waals surface area contributed by atoms with Crippen molar-refractivity contribution in [2.24, 2.45) is 5.73 Å². The number of carbonyl (C=O) groups is 1. The molecule has 4 heteroatoms. The summed E-state index contributed by atoms with van der Waals surface area (Å²) in [5, 5.41) is 0. The predicted octanol–water partition coefficient (Wildman–Crippen LogP) is 4.18. The van der Waals surface area contributed by atoms with E-state index in [-0.39, 0.29) is 12.1 Å². The zero-order valence-electron chi connectivity index (χ0n) is 14.0. The molecule has 1 heterocycles. The summed E-state index contributed by atoms with van der Waals surface area (Å²) in [6.45, 7) is 6.83. The molecule has 0 saturated carbocycles. The van der Waals surface area contributed by atoms with Gasteiger partial charge >= 0.3 is 6.09 Å². The first-order valence-electron chi connectivity index (χ1n) is 8.39. The molecule has 122 valence electrons.